The molecule has 10 heteroatoms. The second-order valence-electron chi connectivity index (χ2n) is 7.50. The number of hydrogen-bond acceptors (Lipinski definition) is 7. The molecule has 1 unspecified atom stereocenters. The number of phosphoric ester groups is 1. The maximum atomic E-state index is 11.9. The molecule has 0 aliphatic heterocycles. The average Bonchev–Trinajstić information content (AvgIpc) is 2.73. The van der Waals surface area contributed by atoms with Crippen molar-refractivity contribution in [3.8, 4) is 0 Å². The van der Waals surface area contributed by atoms with E-state index in [4.69, 9.17) is 19.3 Å². The molecule has 0 radical (unpaired) electrons. The van der Waals surface area contributed by atoms with Crippen molar-refractivity contribution in [2.45, 2.75) is 83.8 Å². The first-order valence-corrected chi connectivity index (χ1v) is 12.9. The highest BCUT2D eigenvalue weighted by Gasteiger charge is 2.22. The summed E-state index contributed by atoms with van der Waals surface area (Å²) >= 11 is 0. The van der Waals surface area contributed by atoms with Crippen molar-refractivity contribution in [2.75, 3.05) is 13.2 Å². The van der Waals surface area contributed by atoms with Crippen LogP contribution < -0.4 is 0 Å². The lowest BCUT2D eigenvalue weighted by atomic mass is 10.1. The van der Waals surface area contributed by atoms with E-state index in [1.165, 1.54) is 6.92 Å². The van der Waals surface area contributed by atoms with Gasteiger partial charge < -0.3 is 24.4 Å². The van der Waals surface area contributed by atoms with Crippen molar-refractivity contribution >= 4 is 19.8 Å². The summed E-state index contributed by atoms with van der Waals surface area (Å²) in [6.45, 7) is 2.32. The van der Waals surface area contributed by atoms with E-state index < -0.39 is 38.6 Å². The smallest absolute Gasteiger partial charge is 0.462 e. The molecule has 9 nitrogen and oxygen atoms in total. The molecule has 3 N–H and O–H groups in total. The van der Waals surface area contributed by atoms with Gasteiger partial charge in [-0.1, -0.05) is 62.6 Å². The van der Waals surface area contributed by atoms with Gasteiger partial charge in [-0.05, 0) is 32.1 Å². The number of ether oxygens (including phenoxy) is 2. The second kappa shape index (κ2) is 19.7. The monoisotopic (exact) mass is 490 g/mol. The van der Waals surface area contributed by atoms with Crippen LogP contribution in [0, 0.1) is 0 Å². The molecular formula is C23H39O9P. The third-order valence-corrected chi connectivity index (χ3v) is 4.80. The lowest BCUT2D eigenvalue weighted by Crippen LogP contribution is -2.29. The molecule has 0 heterocycles. The summed E-state index contributed by atoms with van der Waals surface area (Å²) < 4.78 is 25.0. The highest BCUT2D eigenvalue weighted by Crippen LogP contribution is 2.35. The van der Waals surface area contributed by atoms with E-state index in [9.17, 15) is 19.3 Å². The first-order valence-electron chi connectivity index (χ1n) is 11.3. The van der Waals surface area contributed by atoms with Gasteiger partial charge in [0.15, 0.2) is 6.10 Å². The Morgan fingerprint density at radius 2 is 1.67 bits per heavy atom. The zero-order chi connectivity index (χ0) is 25.0. The Morgan fingerprint density at radius 3 is 2.33 bits per heavy atom. The normalized spacial score (nSPS) is 14.2. The molecule has 190 valence electrons. The zero-order valence-corrected chi connectivity index (χ0v) is 20.5. The van der Waals surface area contributed by atoms with E-state index in [1.807, 2.05) is 24.3 Å². The molecule has 0 amide bonds. The number of carbonyl (C=O) groups is 2. The van der Waals surface area contributed by atoms with Crippen LogP contribution in [0.1, 0.15) is 71.6 Å². The third kappa shape index (κ3) is 23.2. The minimum Gasteiger partial charge on any atom is -0.462 e. The van der Waals surface area contributed by atoms with Gasteiger partial charge in [-0.3, -0.25) is 14.1 Å². The lowest BCUT2D eigenvalue weighted by Gasteiger charge is -2.18. The van der Waals surface area contributed by atoms with Crippen molar-refractivity contribution in [3.63, 3.8) is 0 Å². The number of allylic oxidation sites excluding steroid dienone is 4. The summed E-state index contributed by atoms with van der Waals surface area (Å²) in [6.07, 6.45) is 17.3. The fraction of sp³-hybridized carbons (Fsp3) is 0.652. The van der Waals surface area contributed by atoms with Crippen LogP contribution in [0.5, 0.6) is 0 Å². The largest absolute Gasteiger partial charge is 0.469 e. The maximum absolute atomic E-state index is 11.9. The minimum absolute atomic E-state index is 0.160. The van der Waals surface area contributed by atoms with Gasteiger partial charge in [-0.15, -0.1) is 0 Å². The zero-order valence-electron chi connectivity index (χ0n) is 19.6. The number of hydrogen-bond donors (Lipinski definition) is 3. The summed E-state index contributed by atoms with van der Waals surface area (Å²) in [5.41, 5.74) is 0. The van der Waals surface area contributed by atoms with Crippen LogP contribution in [-0.4, -0.2) is 52.3 Å². The number of carbonyl (C=O) groups excluding carboxylic acids is 2. The number of unbranched alkanes of at least 4 members (excludes halogenated alkanes) is 5. The quantitative estimate of drug-likeness (QED) is 0.0801. The van der Waals surface area contributed by atoms with Crippen LogP contribution in [0.15, 0.2) is 36.5 Å². The van der Waals surface area contributed by atoms with Crippen LogP contribution in [-0.2, 0) is 28.2 Å². The van der Waals surface area contributed by atoms with Gasteiger partial charge in [0.2, 0.25) is 0 Å². The lowest BCUT2D eigenvalue weighted by molar-refractivity contribution is -0.160. The second-order valence-corrected chi connectivity index (χ2v) is 8.74. The van der Waals surface area contributed by atoms with Gasteiger partial charge >= 0.3 is 19.8 Å². The first kappa shape index (κ1) is 31.2. The number of aliphatic hydroxyl groups is 1. The van der Waals surface area contributed by atoms with Crippen LogP contribution in [0.2, 0.25) is 0 Å². The minimum atomic E-state index is -4.72. The van der Waals surface area contributed by atoms with Gasteiger partial charge in [0, 0.05) is 13.3 Å². The Morgan fingerprint density at radius 1 is 0.970 bits per heavy atom. The molecular weight excluding hydrogens is 451 g/mol. The summed E-state index contributed by atoms with van der Waals surface area (Å²) in [6, 6.07) is 0. The predicted octanol–water partition coefficient (Wildman–Crippen LogP) is 4.13. The van der Waals surface area contributed by atoms with Crippen LogP contribution in [0.25, 0.3) is 0 Å². The summed E-state index contributed by atoms with van der Waals surface area (Å²) in [4.78, 5) is 40.4. The molecule has 0 spiro atoms. The fourth-order valence-corrected chi connectivity index (χ4v) is 3.02. The van der Waals surface area contributed by atoms with Gasteiger partial charge in [-0.2, -0.15) is 0 Å². The van der Waals surface area contributed by atoms with Crippen LogP contribution in [0.3, 0.4) is 0 Å². The van der Waals surface area contributed by atoms with Gasteiger partial charge in [0.1, 0.15) is 6.61 Å². The Balaban J connectivity index is 3.92. The molecule has 0 aliphatic carbocycles. The Bertz CT molecular complexity index is 667. The number of rotatable bonds is 19. The molecule has 0 saturated carbocycles. The van der Waals surface area contributed by atoms with E-state index in [0.29, 0.717) is 12.8 Å². The van der Waals surface area contributed by atoms with Crippen LogP contribution >= 0.6 is 7.82 Å². The summed E-state index contributed by atoms with van der Waals surface area (Å²) in [5.74, 6) is -1.14. The average molecular weight is 491 g/mol. The molecule has 0 bridgehead atoms. The fourth-order valence-electron chi connectivity index (χ4n) is 2.66. The molecule has 0 saturated heterocycles. The molecule has 0 fully saturated rings. The molecule has 33 heavy (non-hydrogen) atoms. The highest BCUT2D eigenvalue weighted by molar-refractivity contribution is 7.46. The van der Waals surface area contributed by atoms with Crippen LogP contribution in [0.4, 0.5) is 0 Å². The van der Waals surface area contributed by atoms with Crippen molar-refractivity contribution in [3.05, 3.63) is 36.5 Å². The van der Waals surface area contributed by atoms with E-state index in [1.54, 1.807) is 6.08 Å². The third-order valence-electron chi connectivity index (χ3n) is 4.31. The molecule has 0 aliphatic rings. The van der Waals surface area contributed by atoms with E-state index in [-0.39, 0.29) is 13.0 Å². The van der Waals surface area contributed by atoms with Crippen molar-refractivity contribution in [1.82, 2.24) is 0 Å². The molecule has 2 atom stereocenters. The molecule has 0 aromatic rings. The Kier molecular flexibility index (Phi) is 18.6. The predicted molar refractivity (Wildman–Crippen MR) is 125 cm³/mol. The van der Waals surface area contributed by atoms with E-state index >= 15 is 0 Å². The van der Waals surface area contributed by atoms with Crippen molar-refractivity contribution in [1.29, 1.82) is 0 Å². The maximum Gasteiger partial charge on any atom is 0.469 e. The number of phosphoric acid groups is 1. The molecule has 0 aromatic carbocycles. The Hall–Kier alpha value is -1.77. The van der Waals surface area contributed by atoms with Crippen molar-refractivity contribution < 1.29 is 43.0 Å². The van der Waals surface area contributed by atoms with Gasteiger partial charge in [0.25, 0.3) is 0 Å². The standard InChI is InChI=1S/C23H39O9P/c1-3-4-12-15-21(25)16-13-10-8-6-5-7-9-11-14-17-23(26)32-22(18-30-20(2)24)19-31-33(27,28)29/h4,8,10,12-13,16,21-22,25H,3,5-7,9,11,14-15,17-19H2,1-2H3,(H2,27,28,29)/b10-8+,12-4+,16-13+/t21?,22-/m1/s1. The summed E-state index contributed by atoms with van der Waals surface area (Å²) in [7, 11) is -4.72. The molecule has 0 rings (SSSR count). The topological polar surface area (TPSA) is 140 Å². The van der Waals surface area contributed by atoms with Gasteiger partial charge in [-0.25, -0.2) is 4.57 Å². The van der Waals surface area contributed by atoms with Crippen molar-refractivity contribution in [2.24, 2.45) is 0 Å². The van der Waals surface area contributed by atoms with E-state index in [2.05, 4.69) is 17.5 Å². The van der Waals surface area contributed by atoms with E-state index in [0.717, 1.165) is 38.5 Å². The number of esters is 2. The number of aliphatic hydroxyl groups excluding tert-OH is 1. The highest BCUT2D eigenvalue weighted by atomic mass is 31.2. The summed E-state index contributed by atoms with van der Waals surface area (Å²) in [5, 5.41) is 9.73. The Labute approximate surface area is 196 Å². The SMILES string of the molecule is CC/C=C/CC(O)/C=C/C=C/CCCCCCCC(=O)O[C@H](COC(C)=O)COP(=O)(O)O. The first-order chi connectivity index (χ1) is 15.6. The molecule has 0 aromatic heterocycles. The van der Waals surface area contributed by atoms with Gasteiger partial charge in [0.05, 0.1) is 12.7 Å².